The number of nitrogens with one attached hydrogen (secondary N) is 1. The van der Waals surface area contributed by atoms with E-state index in [1.165, 1.54) is 12.1 Å². The predicted molar refractivity (Wildman–Crippen MR) is 140 cm³/mol. The third-order valence-corrected chi connectivity index (χ3v) is 8.59. The quantitative estimate of drug-likeness (QED) is 0.435. The number of amides is 1. The van der Waals surface area contributed by atoms with Crippen LogP contribution in [-0.2, 0) is 14.8 Å². The molecule has 0 saturated heterocycles. The highest BCUT2D eigenvalue weighted by atomic mass is 32.2. The van der Waals surface area contributed by atoms with Gasteiger partial charge in [-0.3, -0.25) is 9.10 Å². The molecule has 0 aromatic heterocycles. The number of hydrogen-bond acceptors (Lipinski definition) is 5. The van der Waals surface area contributed by atoms with Gasteiger partial charge in [0.25, 0.3) is 10.0 Å². The fourth-order valence-corrected chi connectivity index (χ4v) is 6.03. The molecule has 1 heterocycles. The normalized spacial score (nSPS) is 16.4. The topological polar surface area (TPSA) is 84.9 Å². The molecule has 1 amide bonds. The van der Waals surface area contributed by atoms with E-state index in [2.05, 4.69) is 19.2 Å². The minimum atomic E-state index is -4.00. The summed E-state index contributed by atoms with van der Waals surface area (Å²) in [6.07, 6.45) is 2.20. The molecular formula is C28H32N2O5S. The Kier molecular flexibility index (Phi) is 7.54. The van der Waals surface area contributed by atoms with Crippen molar-refractivity contribution in [2.45, 2.75) is 49.6 Å². The monoisotopic (exact) mass is 508 g/mol. The summed E-state index contributed by atoms with van der Waals surface area (Å²) in [5, 5.41) is 3.10. The number of para-hydroxylation sites is 1. The number of hydrogen-bond donors (Lipinski definition) is 1. The molecular weight excluding hydrogens is 476 g/mol. The van der Waals surface area contributed by atoms with E-state index in [0.29, 0.717) is 17.9 Å². The van der Waals surface area contributed by atoms with Gasteiger partial charge in [-0.05, 0) is 55.3 Å². The van der Waals surface area contributed by atoms with Crippen molar-refractivity contribution in [1.82, 2.24) is 5.32 Å². The summed E-state index contributed by atoms with van der Waals surface area (Å²) in [6, 6.07) is 22.1. The van der Waals surface area contributed by atoms with Gasteiger partial charge in [0.15, 0.2) is 0 Å². The highest BCUT2D eigenvalue weighted by Gasteiger charge is 2.39. The Labute approximate surface area is 213 Å². The van der Waals surface area contributed by atoms with Crippen LogP contribution >= 0.6 is 0 Å². The maximum Gasteiger partial charge on any atom is 0.264 e. The molecule has 1 atom stereocenters. The molecule has 0 aliphatic carbocycles. The zero-order valence-electron chi connectivity index (χ0n) is 20.8. The number of carbonyl (C=O) groups excluding carboxylic acids is 1. The van der Waals surface area contributed by atoms with Crippen LogP contribution in [0, 0.1) is 0 Å². The summed E-state index contributed by atoms with van der Waals surface area (Å²) >= 11 is 0. The van der Waals surface area contributed by atoms with Gasteiger partial charge in [0.1, 0.15) is 23.6 Å². The third-order valence-electron chi connectivity index (χ3n) is 6.80. The number of rotatable bonds is 9. The van der Waals surface area contributed by atoms with Crippen molar-refractivity contribution < 1.29 is 22.7 Å². The maximum atomic E-state index is 13.6. The summed E-state index contributed by atoms with van der Waals surface area (Å²) < 4.78 is 39.9. The number of anilines is 1. The fourth-order valence-electron chi connectivity index (χ4n) is 4.58. The lowest BCUT2D eigenvalue weighted by molar-refractivity contribution is -0.121. The first-order valence-electron chi connectivity index (χ1n) is 12.1. The van der Waals surface area contributed by atoms with E-state index in [4.69, 9.17) is 9.47 Å². The number of sulfonamides is 1. The number of nitrogens with zero attached hydrogens (tertiary/aromatic N) is 1. The van der Waals surface area contributed by atoms with Crippen LogP contribution in [0.15, 0.2) is 83.8 Å². The minimum Gasteiger partial charge on any atom is -0.497 e. The molecule has 3 aromatic rings. The Morgan fingerprint density at radius 1 is 1.00 bits per heavy atom. The molecule has 0 spiro atoms. The Bertz CT molecular complexity index is 1290. The molecule has 7 nitrogen and oxygen atoms in total. The number of methoxy groups -OCH3 is 1. The van der Waals surface area contributed by atoms with E-state index in [-0.39, 0.29) is 17.5 Å². The second kappa shape index (κ2) is 10.6. The minimum absolute atomic E-state index is 0.112. The van der Waals surface area contributed by atoms with Crippen molar-refractivity contribution in [2.24, 2.45) is 0 Å². The number of ether oxygens (including phenoxy) is 2. The summed E-state index contributed by atoms with van der Waals surface area (Å²) in [5.41, 5.74) is 0.877. The van der Waals surface area contributed by atoms with E-state index < -0.39 is 21.5 Å². The van der Waals surface area contributed by atoms with Crippen LogP contribution in [0.25, 0.3) is 0 Å². The zero-order chi connectivity index (χ0) is 25.8. The van der Waals surface area contributed by atoms with Crippen molar-refractivity contribution >= 4 is 21.6 Å². The smallest absolute Gasteiger partial charge is 0.264 e. The van der Waals surface area contributed by atoms with Crippen LogP contribution in [0.2, 0.25) is 0 Å². The van der Waals surface area contributed by atoms with Gasteiger partial charge in [-0.25, -0.2) is 8.42 Å². The van der Waals surface area contributed by atoms with Crippen LogP contribution < -0.4 is 19.1 Å². The van der Waals surface area contributed by atoms with Crippen molar-refractivity contribution in [3.05, 3.63) is 84.4 Å². The molecule has 1 N–H and O–H groups in total. The van der Waals surface area contributed by atoms with Crippen LogP contribution in [0.3, 0.4) is 0 Å². The molecule has 0 saturated carbocycles. The van der Waals surface area contributed by atoms with Crippen LogP contribution in [0.1, 0.15) is 44.7 Å². The lowest BCUT2D eigenvalue weighted by atomic mass is 9.83. The van der Waals surface area contributed by atoms with Gasteiger partial charge in [-0.15, -0.1) is 0 Å². The number of fused-ring (bicyclic) bond motifs is 1. The number of carbonyl (C=O) groups is 1. The van der Waals surface area contributed by atoms with Gasteiger partial charge in [0.05, 0.1) is 23.7 Å². The molecule has 8 heteroatoms. The van der Waals surface area contributed by atoms with Crippen LogP contribution in [0.5, 0.6) is 11.5 Å². The first kappa shape index (κ1) is 25.6. The second-order valence-corrected chi connectivity index (χ2v) is 10.7. The molecule has 3 aromatic carbocycles. The van der Waals surface area contributed by atoms with E-state index in [1.807, 2.05) is 24.3 Å². The second-order valence-electron chi connectivity index (χ2n) is 8.88. The lowest BCUT2D eigenvalue weighted by Crippen LogP contribution is -2.47. The van der Waals surface area contributed by atoms with Crippen molar-refractivity contribution in [3.63, 3.8) is 0 Å². The zero-order valence-corrected chi connectivity index (χ0v) is 21.6. The Morgan fingerprint density at radius 3 is 2.28 bits per heavy atom. The highest BCUT2D eigenvalue weighted by Crippen LogP contribution is 2.42. The summed E-state index contributed by atoms with van der Waals surface area (Å²) in [5.74, 6) is 0.948. The Morgan fingerprint density at radius 2 is 1.64 bits per heavy atom. The van der Waals surface area contributed by atoms with Gasteiger partial charge in [0.2, 0.25) is 5.91 Å². The molecule has 1 aliphatic heterocycles. The molecule has 190 valence electrons. The summed E-state index contributed by atoms with van der Waals surface area (Å²) in [6.45, 7) is 3.79. The molecule has 36 heavy (non-hydrogen) atoms. The molecule has 0 bridgehead atoms. The Hall–Kier alpha value is -3.52. The lowest BCUT2D eigenvalue weighted by Gasteiger charge is -2.41. The average Bonchev–Trinajstić information content (AvgIpc) is 2.92. The standard InChI is InChI=1S/C28H32N2O5S/c1-4-28(5-2)19-25(24-13-9-10-14-26(24)35-28)29-27(31)20-30(21-15-17-22(34-3)18-16-21)36(32,33)23-11-7-6-8-12-23/h6-18,25H,4-5,19-20H2,1-3H3,(H,29,31). The van der Waals surface area contributed by atoms with E-state index in [9.17, 15) is 13.2 Å². The van der Waals surface area contributed by atoms with Crippen molar-refractivity contribution in [3.8, 4) is 11.5 Å². The highest BCUT2D eigenvalue weighted by molar-refractivity contribution is 7.92. The van der Waals surface area contributed by atoms with Gasteiger partial charge >= 0.3 is 0 Å². The molecule has 4 rings (SSSR count). The van der Waals surface area contributed by atoms with Crippen LogP contribution in [0.4, 0.5) is 5.69 Å². The fraction of sp³-hybridized carbons (Fsp3) is 0.321. The van der Waals surface area contributed by atoms with E-state index in [0.717, 1.165) is 28.5 Å². The average molecular weight is 509 g/mol. The molecule has 0 fully saturated rings. The first-order chi connectivity index (χ1) is 17.3. The van der Waals surface area contributed by atoms with Crippen molar-refractivity contribution in [1.29, 1.82) is 0 Å². The van der Waals surface area contributed by atoms with Gasteiger partial charge < -0.3 is 14.8 Å². The molecule has 0 radical (unpaired) electrons. The van der Waals surface area contributed by atoms with Gasteiger partial charge in [-0.1, -0.05) is 50.2 Å². The maximum absolute atomic E-state index is 13.6. The Balaban J connectivity index is 1.64. The van der Waals surface area contributed by atoms with Gasteiger partial charge in [0, 0.05) is 12.0 Å². The summed E-state index contributed by atoms with van der Waals surface area (Å²) in [7, 11) is -2.45. The van der Waals surface area contributed by atoms with Crippen molar-refractivity contribution in [2.75, 3.05) is 18.0 Å². The third kappa shape index (κ3) is 5.18. The predicted octanol–water partition coefficient (Wildman–Crippen LogP) is 5.09. The van der Waals surface area contributed by atoms with E-state index in [1.54, 1.807) is 49.6 Å². The summed E-state index contributed by atoms with van der Waals surface area (Å²) in [4.78, 5) is 13.5. The SMILES string of the molecule is CCC1(CC)CC(NC(=O)CN(c2ccc(OC)cc2)S(=O)(=O)c2ccccc2)c2ccccc2O1. The largest absolute Gasteiger partial charge is 0.497 e. The van der Waals surface area contributed by atoms with Crippen LogP contribution in [-0.4, -0.2) is 33.6 Å². The first-order valence-corrected chi connectivity index (χ1v) is 13.5. The molecule has 1 unspecified atom stereocenters. The van der Waals surface area contributed by atoms with Gasteiger partial charge in [-0.2, -0.15) is 0 Å². The molecule has 1 aliphatic rings. The van der Waals surface area contributed by atoms with E-state index >= 15 is 0 Å². The number of benzene rings is 3.